The molecule has 8 nitrogen and oxygen atoms in total. The summed E-state index contributed by atoms with van der Waals surface area (Å²) in [7, 11) is 0. The van der Waals surface area contributed by atoms with Gasteiger partial charge in [-0.25, -0.2) is 0 Å². The standard InChI is InChI=1S/C19H26N2O6/c1-19(2,3)27-18(23)13-20-11-16(26-17(22)12-20)6-4-5-14-7-9-15(10-8-14)21(24)25/h7-10,16H,4-6,11-13H2,1-3H3. The molecule has 0 aromatic heterocycles. The van der Waals surface area contributed by atoms with E-state index in [4.69, 9.17) is 9.47 Å². The zero-order valence-corrected chi connectivity index (χ0v) is 16.0. The van der Waals surface area contributed by atoms with E-state index in [1.54, 1.807) is 37.8 Å². The Bertz CT molecular complexity index is 680. The summed E-state index contributed by atoms with van der Waals surface area (Å²) in [5.74, 6) is -0.702. The van der Waals surface area contributed by atoms with E-state index >= 15 is 0 Å². The molecule has 0 spiro atoms. The maximum Gasteiger partial charge on any atom is 0.320 e. The van der Waals surface area contributed by atoms with Crippen molar-refractivity contribution in [2.75, 3.05) is 19.6 Å². The fraction of sp³-hybridized carbons (Fsp3) is 0.579. The number of nitrogens with zero attached hydrogens (tertiary/aromatic N) is 2. The van der Waals surface area contributed by atoms with Crippen LogP contribution in [0.1, 0.15) is 39.2 Å². The number of aryl methyl sites for hydroxylation is 1. The van der Waals surface area contributed by atoms with E-state index in [9.17, 15) is 19.7 Å². The molecule has 148 valence electrons. The Kier molecular flexibility index (Phi) is 6.90. The fourth-order valence-corrected chi connectivity index (χ4v) is 2.94. The third-order valence-electron chi connectivity index (χ3n) is 4.02. The van der Waals surface area contributed by atoms with Crippen LogP contribution in [0.3, 0.4) is 0 Å². The topological polar surface area (TPSA) is 99.0 Å². The number of morpholine rings is 1. The molecule has 27 heavy (non-hydrogen) atoms. The SMILES string of the molecule is CC(C)(C)OC(=O)CN1CC(=O)OC(CCCc2ccc([N+](=O)[O-])cc2)C1. The maximum atomic E-state index is 12.0. The first-order chi connectivity index (χ1) is 12.6. The minimum absolute atomic E-state index is 0.0607. The van der Waals surface area contributed by atoms with Gasteiger partial charge in [0, 0.05) is 18.7 Å². The molecular formula is C19H26N2O6. The molecule has 1 aromatic carbocycles. The van der Waals surface area contributed by atoms with Gasteiger partial charge in [-0.2, -0.15) is 0 Å². The van der Waals surface area contributed by atoms with Crippen molar-refractivity contribution >= 4 is 17.6 Å². The first kappa shape index (κ1) is 20.8. The van der Waals surface area contributed by atoms with Crippen LogP contribution >= 0.6 is 0 Å². The van der Waals surface area contributed by atoms with Gasteiger partial charge >= 0.3 is 11.9 Å². The van der Waals surface area contributed by atoms with Gasteiger partial charge in [0.05, 0.1) is 18.0 Å². The summed E-state index contributed by atoms with van der Waals surface area (Å²) in [6, 6.07) is 6.44. The van der Waals surface area contributed by atoms with Gasteiger partial charge in [0.2, 0.25) is 0 Å². The highest BCUT2D eigenvalue weighted by atomic mass is 16.6. The number of esters is 2. The zero-order chi connectivity index (χ0) is 20.0. The number of rotatable bonds is 7. The molecule has 1 aliphatic heterocycles. The predicted molar refractivity (Wildman–Crippen MR) is 98.2 cm³/mol. The molecule has 1 atom stereocenters. The third kappa shape index (κ3) is 7.34. The number of benzene rings is 1. The van der Waals surface area contributed by atoms with Crippen molar-refractivity contribution in [2.24, 2.45) is 0 Å². The average Bonchev–Trinajstić information content (AvgIpc) is 2.53. The molecule has 0 N–H and O–H groups in total. The van der Waals surface area contributed by atoms with E-state index in [0.29, 0.717) is 13.0 Å². The largest absolute Gasteiger partial charge is 0.460 e. The lowest BCUT2D eigenvalue weighted by Crippen LogP contribution is -2.48. The van der Waals surface area contributed by atoms with Crippen molar-refractivity contribution < 1.29 is 24.0 Å². The zero-order valence-electron chi connectivity index (χ0n) is 16.0. The fourth-order valence-electron chi connectivity index (χ4n) is 2.94. The molecule has 8 heteroatoms. The lowest BCUT2D eigenvalue weighted by Gasteiger charge is -2.32. The molecule has 0 bridgehead atoms. The van der Waals surface area contributed by atoms with Gasteiger partial charge in [-0.3, -0.25) is 24.6 Å². The van der Waals surface area contributed by atoms with Crippen LogP contribution in [0, 0.1) is 10.1 Å². The van der Waals surface area contributed by atoms with Crippen LogP contribution < -0.4 is 0 Å². The Morgan fingerprint density at radius 1 is 1.33 bits per heavy atom. The second-order valence-electron chi connectivity index (χ2n) is 7.68. The first-order valence-corrected chi connectivity index (χ1v) is 8.99. The maximum absolute atomic E-state index is 12.0. The first-order valence-electron chi connectivity index (χ1n) is 8.99. The molecule has 0 radical (unpaired) electrons. The minimum atomic E-state index is -0.558. The van der Waals surface area contributed by atoms with Gasteiger partial charge in [0.15, 0.2) is 0 Å². The highest BCUT2D eigenvalue weighted by Gasteiger charge is 2.29. The summed E-state index contributed by atoms with van der Waals surface area (Å²) in [5.41, 5.74) is 0.503. The van der Waals surface area contributed by atoms with E-state index in [2.05, 4.69) is 0 Å². The van der Waals surface area contributed by atoms with Crippen LogP contribution in [0.2, 0.25) is 0 Å². The summed E-state index contributed by atoms with van der Waals surface area (Å²) >= 11 is 0. The normalized spacial score (nSPS) is 18.0. The van der Waals surface area contributed by atoms with E-state index in [1.165, 1.54) is 12.1 Å². The molecule has 0 aliphatic carbocycles. The number of carbonyl (C=O) groups excluding carboxylic acids is 2. The van der Waals surface area contributed by atoms with E-state index < -0.39 is 10.5 Å². The molecule has 2 rings (SSSR count). The van der Waals surface area contributed by atoms with Crippen LogP contribution in [0.15, 0.2) is 24.3 Å². The van der Waals surface area contributed by atoms with Gasteiger partial charge in [0.1, 0.15) is 11.7 Å². The van der Waals surface area contributed by atoms with Crippen LogP contribution in [0.25, 0.3) is 0 Å². The Balaban J connectivity index is 1.79. The molecule has 1 fully saturated rings. The molecule has 1 aliphatic rings. The molecule has 1 heterocycles. The number of cyclic esters (lactones) is 1. The lowest BCUT2D eigenvalue weighted by atomic mass is 10.0. The van der Waals surface area contributed by atoms with Crippen molar-refractivity contribution in [3.05, 3.63) is 39.9 Å². The van der Waals surface area contributed by atoms with E-state index in [-0.39, 0.29) is 36.8 Å². The highest BCUT2D eigenvalue weighted by molar-refractivity contribution is 5.76. The molecule has 1 saturated heterocycles. The van der Waals surface area contributed by atoms with Gasteiger partial charge in [-0.15, -0.1) is 0 Å². The van der Waals surface area contributed by atoms with Gasteiger partial charge in [0.25, 0.3) is 5.69 Å². The summed E-state index contributed by atoms with van der Waals surface area (Å²) in [6.07, 6.45) is 1.90. The number of nitro benzene ring substituents is 1. The van der Waals surface area contributed by atoms with Crippen molar-refractivity contribution in [3.8, 4) is 0 Å². The van der Waals surface area contributed by atoms with Crippen molar-refractivity contribution in [3.63, 3.8) is 0 Å². The van der Waals surface area contributed by atoms with E-state index in [0.717, 1.165) is 18.4 Å². The number of carbonyl (C=O) groups is 2. The summed E-state index contributed by atoms with van der Waals surface area (Å²) in [6.45, 7) is 6.04. The van der Waals surface area contributed by atoms with Crippen LogP contribution in [-0.4, -0.2) is 53.1 Å². The number of non-ortho nitro benzene ring substituents is 1. The predicted octanol–water partition coefficient (Wildman–Crippen LogP) is 2.49. The quantitative estimate of drug-likeness (QED) is 0.408. The lowest BCUT2D eigenvalue weighted by molar-refractivity contribution is -0.384. The van der Waals surface area contributed by atoms with E-state index in [1.807, 2.05) is 0 Å². The molecule has 1 unspecified atom stereocenters. The Morgan fingerprint density at radius 3 is 2.59 bits per heavy atom. The number of hydrogen-bond donors (Lipinski definition) is 0. The Hall–Kier alpha value is -2.48. The smallest absolute Gasteiger partial charge is 0.320 e. The van der Waals surface area contributed by atoms with Gasteiger partial charge in [-0.05, 0) is 45.6 Å². The van der Waals surface area contributed by atoms with Crippen molar-refractivity contribution in [2.45, 2.75) is 51.7 Å². The number of nitro groups is 1. The summed E-state index contributed by atoms with van der Waals surface area (Å²) < 4.78 is 10.7. The number of ether oxygens (including phenoxy) is 2. The highest BCUT2D eigenvalue weighted by Crippen LogP contribution is 2.17. The van der Waals surface area contributed by atoms with Crippen molar-refractivity contribution in [1.82, 2.24) is 4.90 Å². The molecular weight excluding hydrogens is 352 g/mol. The average molecular weight is 378 g/mol. The number of hydrogen-bond acceptors (Lipinski definition) is 7. The Morgan fingerprint density at radius 2 is 2.00 bits per heavy atom. The molecule has 1 aromatic rings. The van der Waals surface area contributed by atoms with Crippen LogP contribution in [-0.2, 0) is 25.5 Å². The van der Waals surface area contributed by atoms with Crippen LogP contribution in [0.4, 0.5) is 5.69 Å². The summed E-state index contributed by atoms with van der Waals surface area (Å²) in [4.78, 5) is 35.7. The molecule has 0 saturated carbocycles. The monoisotopic (exact) mass is 378 g/mol. The van der Waals surface area contributed by atoms with Gasteiger partial charge < -0.3 is 9.47 Å². The molecule has 0 amide bonds. The van der Waals surface area contributed by atoms with Crippen LogP contribution in [0.5, 0.6) is 0 Å². The van der Waals surface area contributed by atoms with Gasteiger partial charge in [-0.1, -0.05) is 12.1 Å². The third-order valence-corrected chi connectivity index (χ3v) is 4.02. The minimum Gasteiger partial charge on any atom is -0.460 e. The Labute approximate surface area is 158 Å². The summed E-state index contributed by atoms with van der Waals surface area (Å²) in [5, 5.41) is 10.7. The second kappa shape index (κ2) is 8.94. The van der Waals surface area contributed by atoms with Crippen molar-refractivity contribution in [1.29, 1.82) is 0 Å². The second-order valence-corrected chi connectivity index (χ2v) is 7.68.